The van der Waals surface area contributed by atoms with Crippen molar-refractivity contribution in [3.8, 4) is 0 Å². The number of hydrogen-bond acceptors (Lipinski definition) is 5. The molecule has 0 saturated heterocycles. The number of carbonyl (C=O) groups is 2. The van der Waals surface area contributed by atoms with Crippen molar-refractivity contribution >= 4 is 11.9 Å². The Morgan fingerprint density at radius 2 is 0.738 bits per heavy atom. The maximum Gasteiger partial charge on any atom is 0.305 e. The summed E-state index contributed by atoms with van der Waals surface area (Å²) >= 11 is 0. The minimum Gasteiger partial charge on any atom is -0.466 e. The Bertz CT molecular complexity index is 1010. The Labute approximate surface area is 405 Å². The zero-order valence-corrected chi connectivity index (χ0v) is 43.7. The number of esters is 1. The molecule has 2 atom stereocenters. The molecule has 0 aliphatic heterocycles. The van der Waals surface area contributed by atoms with Gasteiger partial charge in [0.2, 0.25) is 5.91 Å². The van der Waals surface area contributed by atoms with E-state index in [9.17, 15) is 19.8 Å². The van der Waals surface area contributed by atoms with Crippen molar-refractivity contribution in [3.63, 3.8) is 0 Å². The molecule has 0 aliphatic rings. The standard InChI is InChI=1S/C59H113NO5/c1-3-5-7-9-11-13-15-28-32-35-39-43-47-51-57(62)56(55-61)60-58(63)52-48-44-40-36-33-29-26-24-22-20-18-16-17-19-21-23-25-27-30-34-38-42-46-50-54-65-59(64)53-49-45-41-37-31-14-12-10-8-6-4-2/h10,12,47,51,56-57,61-62H,3-9,11,13-46,48-50,52-55H2,1-2H3,(H,60,63)/b12-10-,51-47+. The number of nitrogens with one attached hydrogen (secondary N) is 1. The number of unbranched alkanes of at least 4 members (excludes halogenated alkanes) is 41. The van der Waals surface area contributed by atoms with Gasteiger partial charge in [0.1, 0.15) is 0 Å². The van der Waals surface area contributed by atoms with Gasteiger partial charge < -0.3 is 20.3 Å². The van der Waals surface area contributed by atoms with Crippen LogP contribution in [0.2, 0.25) is 0 Å². The average molecular weight is 917 g/mol. The van der Waals surface area contributed by atoms with Gasteiger partial charge in [-0.05, 0) is 51.4 Å². The van der Waals surface area contributed by atoms with Crippen LogP contribution >= 0.6 is 0 Å². The molecule has 0 radical (unpaired) electrons. The van der Waals surface area contributed by atoms with Crippen LogP contribution in [0.1, 0.15) is 316 Å². The molecule has 0 aromatic rings. The summed E-state index contributed by atoms with van der Waals surface area (Å²) < 4.78 is 5.46. The van der Waals surface area contributed by atoms with E-state index in [-0.39, 0.29) is 18.5 Å². The van der Waals surface area contributed by atoms with E-state index in [4.69, 9.17) is 4.74 Å². The van der Waals surface area contributed by atoms with E-state index in [1.54, 1.807) is 6.08 Å². The summed E-state index contributed by atoms with van der Waals surface area (Å²) in [5.41, 5.74) is 0. The first-order chi connectivity index (χ1) is 32.0. The first-order valence-electron chi connectivity index (χ1n) is 29.1. The Balaban J connectivity index is 3.38. The van der Waals surface area contributed by atoms with Gasteiger partial charge in [-0.2, -0.15) is 0 Å². The summed E-state index contributed by atoms with van der Waals surface area (Å²) in [4.78, 5) is 24.4. The molecule has 65 heavy (non-hydrogen) atoms. The molecule has 0 saturated carbocycles. The van der Waals surface area contributed by atoms with E-state index in [1.807, 2.05) is 6.08 Å². The lowest BCUT2D eigenvalue weighted by Gasteiger charge is -2.20. The lowest BCUT2D eigenvalue weighted by Crippen LogP contribution is -2.45. The normalized spacial score (nSPS) is 12.7. The van der Waals surface area contributed by atoms with Crippen LogP contribution in [0.25, 0.3) is 0 Å². The van der Waals surface area contributed by atoms with Gasteiger partial charge in [-0.25, -0.2) is 0 Å². The highest BCUT2D eigenvalue weighted by Crippen LogP contribution is 2.17. The van der Waals surface area contributed by atoms with Gasteiger partial charge in [0.25, 0.3) is 0 Å². The number of carbonyl (C=O) groups excluding carboxylic acids is 2. The minimum absolute atomic E-state index is 0.00378. The largest absolute Gasteiger partial charge is 0.466 e. The van der Waals surface area contributed by atoms with Gasteiger partial charge in [0, 0.05) is 12.8 Å². The van der Waals surface area contributed by atoms with E-state index in [1.165, 1.54) is 244 Å². The smallest absolute Gasteiger partial charge is 0.305 e. The highest BCUT2D eigenvalue weighted by molar-refractivity contribution is 5.76. The van der Waals surface area contributed by atoms with Crippen molar-refractivity contribution in [2.45, 2.75) is 328 Å². The number of aliphatic hydroxyl groups excluding tert-OH is 2. The van der Waals surface area contributed by atoms with E-state index in [2.05, 4.69) is 31.3 Å². The highest BCUT2D eigenvalue weighted by atomic mass is 16.5. The van der Waals surface area contributed by atoms with Crippen LogP contribution in [0.15, 0.2) is 24.3 Å². The number of ether oxygens (including phenoxy) is 1. The topological polar surface area (TPSA) is 95.9 Å². The molecule has 6 nitrogen and oxygen atoms in total. The van der Waals surface area contributed by atoms with Gasteiger partial charge in [-0.1, -0.05) is 276 Å². The van der Waals surface area contributed by atoms with Gasteiger partial charge in [0.15, 0.2) is 0 Å². The monoisotopic (exact) mass is 916 g/mol. The molecule has 384 valence electrons. The van der Waals surface area contributed by atoms with Crippen LogP contribution in [0.3, 0.4) is 0 Å². The summed E-state index contributed by atoms with van der Waals surface area (Å²) in [6.45, 7) is 4.87. The van der Waals surface area contributed by atoms with Crippen molar-refractivity contribution in [1.29, 1.82) is 0 Å². The molecule has 0 aliphatic carbocycles. The fourth-order valence-electron chi connectivity index (χ4n) is 8.97. The Morgan fingerprint density at radius 1 is 0.415 bits per heavy atom. The van der Waals surface area contributed by atoms with E-state index in [0.29, 0.717) is 19.4 Å². The third kappa shape index (κ3) is 51.6. The quantitative estimate of drug-likeness (QED) is 0.0321. The average Bonchev–Trinajstić information content (AvgIpc) is 3.31. The lowest BCUT2D eigenvalue weighted by molar-refractivity contribution is -0.143. The van der Waals surface area contributed by atoms with Gasteiger partial charge in [-0.15, -0.1) is 0 Å². The van der Waals surface area contributed by atoms with Gasteiger partial charge in [-0.3, -0.25) is 9.59 Å². The molecule has 0 aromatic carbocycles. The summed E-state index contributed by atoms with van der Waals surface area (Å²) in [5, 5.41) is 23.1. The third-order valence-corrected chi connectivity index (χ3v) is 13.5. The van der Waals surface area contributed by atoms with Crippen LogP contribution in [-0.2, 0) is 14.3 Å². The van der Waals surface area contributed by atoms with Crippen molar-refractivity contribution in [2.24, 2.45) is 0 Å². The maximum absolute atomic E-state index is 12.4. The van der Waals surface area contributed by atoms with E-state index in [0.717, 1.165) is 44.9 Å². The number of amides is 1. The molecule has 0 rings (SSSR count). The fraction of sp³-hybridized carbons (Fsp3) is 0.898. The molecule has 1 amide bonds. The minimum atomic E-state index is -0.842. The molecule has 2 unspecified atom stereocenters. The molecule has 0 heterocycles. The molecular formula is C59H113NO5. The fourth-order valence-corrected chi connectivity index (χ4v) is 8.97. The van der Waals surface area contributed by atoms with Crippen LogP contribution < -0.4 is 5.32 Å². The van der Waals surface area contributed by atoms with Crippen LogP contribution in [0, 0.1) is 0 Å². The van der Waals surface area contributed by atoms with Crippen LogP contribution in [0.5, 0.6) is 0 Å². The summed E-state index contributed by atoms with van der Waals surface area (Å²) in [5.74, 6) is -0.0626. The van der Waals surface area contributed by atoms with E-state index < -0.39 is 12.1 Å². The van der Waals surface area contributed by atoms with Gasteiger partial charge >= 0.3 is 5.97 Å². The first-order valence-corrected chi connectivity index (χ1v) is 29.1. The lowest BCUT2D eigenvalue weighted by atomic mass is 10.0. The van der Waals surface area contributed by atoms with Crippen LogP contribution in [-0.4, -0.2) is 47.4 Å². The molecule has 0 aromatic heterocycles. The van der Waals surface area contributed by atoms with Crippen LogP contribution in [0.4, 0.5) is 0 Å². The SMILES string of the molecule is CCCC/C=C\CCCCCCCC(=O)OCCCCCCCCCCCCCCCCCCCCCCCCCCC(=O)NC(CO)C(O)/C=C/CCCCCCCCCCCCC. The van der Waals surface area contributed by atoms with Crippen molar-refractivity contribution in [1.82, 2.24) is 5.32 Å². The number of rotatable bonds is 54. The number of allylic oxidation sites excluding steroid dienone is 3. The van der Waals surface area contributed by atoms with E-state index >= 15 is 0 Å². The van der Waals surface area contributed by atoms with Crippen molar-refractivity contribution in [2.75, 3.05) is 13.2 Å². The predicted octanol–water partition coefficient (Wildman–Crippen LogP) is 17.9. The molecule has 6 heteroatoms. The molecule has 3 N–H and O–H groups in total. The Hall–Kier alpha value is -1.66. The number of hydrogen-bond donors (Lipinski definition) is 3. The molecule has 0 fully saturated rings. The maximum atomic E-state index is 12.4. The second-order valence-corrected chi connectivity index (χ2v) is 20.0. The summed E-state index contributed by atoms with van der Waals surface area (Å²) in [7, 11) is 0. The summed E-state index contributed by atoms with van der Waals surface area (Å²) in [6, 6.07) is -0.625. The second-order valence-electron chi connectivity index (χ2n) is 20.0. The zero-order valence-electron chi connectivity index (χ0n) is 43.7. The first kappa shape index (κ1) is 63.3. The Morgan fingerprint density at radius 3 is 1.14 bits per heavy atom. The molecule has 0 bridgehead atoms. The number of aliphatic hydroxyl groups is 2. The predicted molar refractivity (Wildman–Crippen MR) is 283 cm³/mol. The highest BCUT2D eigenvalue weighted by Gasteiger charge is 2.18. The molecular weight excluding hydrogens is 803 g/mol. The van der Waals surface area contributed by atoms with Crippen molar-refractivity contribution in [3.05, 3.63) is 24.3 Å². The third-order valence-electron chi connectivity index (χ3n) is 13.5. The zero-order chi connectivity index (χ0) is 47.2. The van der Waals surface area contributed by atoms with Gasteiger partial charge in [0.05, 0.1) is 25.4 Å². The summed E-state index contributed by atoms with van der Waals surface area (Å²) in [6.07, 6.45) is 66.4. The Kier molecular flexibility index (Phi) is 53.5. The molecule has 0 spiro atoms. The second kappa shape index (κ2) is 54.9. The van der Waals surface area contributed by atoms with Crippen molar-refractivity contribution < 1.29 is 24.5 Å².